The zero-order chi connectivity index (χ0) is 21.7. The summed E-state index contributed by atoms with van der Waals surface area (Å²) in [4.78, 5) is 0. The number of allylic oxidation sites excluding steroid dienone is 8. The molecule has 3 rings (SSSR count). The summed E-state index contributed by atoms with van der Waals surface area (Å²) >= 11 is 6.73. The second-order valence-electron chi connectivity index (χ2n) is 7.95. The van der Waals surface area contributed by atoms with Gasteiger partial charge >= 0.3 is 0 Å². The smallest absolute Gasteiger partial charge is 0.208 e. The number of aryl methyl sites for hydroxylation is 1. The minimum atomic E-state index is 0.898. The fourth-order valence-electron chi connectivity index (χ4n) is 3.82. The molecule has 1 N–H and O–H groups in total. The molecule has 0 aromatic heterocycles. The molecule has 2 nitrogen and oxygen atoms in total. The van der Waals surface area contributed by atoms with Crippen molar-refractivity contribution in [1.29, 1.82) is 0 Å². The van der Waals surface area contributed by atoms with Gasteiger partial charge in [-0.15, -0.1) is 0 Å². The second kappa shape index (κ2) is 9.95. The lowest BCUT2D eigenvalue weighted by molar-refractivity contribution is -0.404. The van der Waals surface area contributed by atoms with Crippen molar-refractivity contribution < 1.29 is 4.58 Å². The number of fused-ring (bicyclic) bond motifs is 1. The fraction of sp³-hybridized carbons (Fsp3) is 0.296. The van der Waals surface area contributed by atoms with E-state index in [4.69, 9.17) is 11.6 Å². The molecular formula is C27H32ClN2+. The first kappa shape index (κ1) is 22.1. The van der Waals surface area contributed by atoms with Crippen LogP contribution in [-0.4, -0.2) is 24.4 Å². The normalized spacial score (nSPS) is 17.8. The van der Waals surface area contributed by atoms with E-state index in [-0.39, 0.29) is 0 Å². The lowest BCUT2D eigenvalue weighted by Crippen LogP contribution is -2.08. The molecule has 0 fully saturated rings. The van der Waals surface area contributed by atoms with Gasteiger partial charge in [0.15, 0.2) is 5.71 Å². The number of nitrogens with zero attached hydrogens (tertiary/aromatic N) is 1. The summed E-state index contributed by atoms with van der Waals surface area (Å²) in [5, 5.41) is 6.63. The van der Waals surface area contributed by atoms with Gasteiger partial charge in [0.05, 0.1) is 0 Å². The lowest BCUT2D eigenvalue weighted by Gasteiger charge is -2.16. The molecule has 3 heteroatoms. The highest BCUT2D eigenvalue weighted by Gasteiger charge is 2.15. The first-order valence-corrected chi connectivity index (χ1v) is 11.0. The molecule has 0 saturated carbocycles. The van der Waals surface area contributed by atoms with E-state index in [1.165, 1.54) is 38.9 Å². The molecule has 1 aliphatic rings. The third-order valence-electron chi connectivity index (χ3n) is 5.97. The van der Waals surface area contributed by atoms with Crippen LogP contribution in [0.2, 0.25) is 0 Å². The SMILES string of the molecule is CN/C(C)=C/C=C1\CCCC(/C=C/C(C)=[N+](C)c2ccc3ccccc3c2C)=C1Cl. The highest BCUT2D eigenvalue weighted by atomic mass is 35.5. The summed E-state index contributed by atoms with van der Waals surface area (Å²) in [6.07, 6.45) is 11.8. The number of benzene rings is 2. The zero-order valence-corrected chi connectivity index (χ0v) is 19.5. The van der Waals surface area contributed by atoms with E-state index < -0.39 is 0 Å². The van der Waals surface area contributed by atoms with Gasteiger partial charge in [-0.05, 0) is 67.2 Å². The molecule has 0 unspecified atom stereocenters. The van der Waals surface area contributed by atoms with E-state index in [9.17, 15) is 0 Å². The predicted octanol–water partition coefficient (Wildman–Crippen LogP) is 7.17. The van der Waals surface area contributed by atoms with E-state index in [1.807, 2.05) is 7.05 Å². The van der Waals surface area contributed by atoms with E-state index in [0.717, 1.165) is 30.0 Å². The van der Waals surface area contributed by atoms with Gasteiger partial charge in [-0.1, -0.05) is 48.0 Å². The van der Waals surface area contributed by atoms with Crippen LogP contribution < -0.4 is 5.32 Å². The van der Waals surface area contributed by atoms with Gasteiger partial charge in [0.1, 0.15) is 7.05 Å². The third kappa shape index (κ3) is 4.94. The number of nitrogens with one attached hydrogen (secondary N) is 1. The Labute approximate surface area is 186 Å². The van der Waals surface area contributed by atoms with Crippen molar-refractivity contribution in [2.24, 2.45) is 0 Å². The highest BCUT2D eigenvalue weighted by Crippen LogP contribution is 2.33. The van der Waals surface area contributed by atoms with Gasteiger partial charge < -0.3 is 5.32 Å². The molecule has 0 amide bonds. The minimum absolute atomic E-state index is 0.898. The van der Waals surface area contributed by atoms with E-state index in [1.54, 1.807) is 0 Å². The van der Waals surface area contributed by atoms with Gasteiger partial charge in [0.25, 0.3) is 0 Å². The Morgan fingerprint density at radius 1 is 1.10 bits per heavy atom. The second-order valence-corrected chi connectivity index (χ2v) is 8.33. The molecule has 2 aromatic rings. The zero-order valence-electron chi connectivity index (χ0n) is 18.7. The average molecular weight is 420 g/mol. The number of hydrogen-bond acceptors (Lipinski definition) is 1. The van der Waals surface area contributed by atoms with Crippen LogP contribution >= 0.6 is 11.6 Å². The maximum atomic E-state index is 6.73. The van der Waals surface area contributed by atoms with Crippen molar-refractivity contribution >= 4 is 33.8 Å². The number of halogens is 1. The molecule has 0 bridgehead atoms. The van der Waals surface area contributed by atoms with Crippen LogP contribution in [0.15, 0.2) is 82.6 Å². The quantitative estimate of drug-likeness (QED) is 0.401. The summed E-state index contributed by atoms with van der Waals surface area (Å²) < 4.78 is 2.26. The molecule has 0 radical (unpaired) electrons. The topological polar surface area (TPSA) is 15.0 Å². The van der Waals surface area contributed by atoms with Gasteiger partial charge in [0, 0.05) is 42.4 Å². The first-order chi connectivity index (χ1) is 14.4. The molecule has 0 atom stereocenters. The van der Waals surface area contributed by atoms with Crippen molar-refractivity contribution in [2.45, 2.75) is 40.0 Å². The highest BCUT2D eigenvalue weighted by molar-refractivity contribution is 6.32. The van der Waals surface area contributed by atoms with E-state index in [2.05, 4.69) is 98.4 Å². The lowest BCUT2D eigenvalue weighted by atomic mass is 9.94. The Morgan fingerprint density at radius 2 is 1.87 bits per heavy atom. The maximum absolute atomic E-state index is 6.73. The van der Waals surface area contributed by atoms with Crippen LogP contribution in [0, 0.1) is 6.92 Å². The molecule has 30 heavy (non-hydrogen) atoms. The monoisotopic (exact) mass is 419 g/mol. The third-order valence-corrected chi connectivity index (χ3v) is 6.46. The van der Waals surface area contributed by atoms with Crippen molar-refractivity contribution in [1.82, 2.24) is 5.32 Å². The van der Waals surface area contributed by atoms with Crippen LogP contribution in [0.4, 0.5) is 5.69 Å². The van der Waals surface area contributed by atoms with Gasteiger partial charge in [-0.25, -0.2) is 0 Å². The van der Waals surface area contributed by atoms with Crippen LogP contribution in [0.25, 0.3) is 10.8 Å². The van der Waals surface area contributed by atoms with Crippen LogP contribution in [0.5, 0.6) is 0 Å². The summed E-state index contributed by atoms with van der Waals surface area (Å²) in [5.74, 6) is 0. The standard InChI is InChI=1S/C27H31ClN2/c1-19(29-4)13-15-23-10-8-11-24(27(23)28)16-14-20(2)30(5)26-18-17-22-9-6-7-12-25(22)21(26)3/h6-7,9,12-18H,8,10-11H2,1-5H3/p+1. The van der Waals surface area contributed by atoms with Crippen molar-refractivity contribution in [3.8, 4) is 0 Å². The van der Waals surface area contributed by atoms with Gasteiger partial charge in [-0.3, -0.25) is 0 Å². The van der Waals surface area contributed by atoms with E-state index in [0.29, 0.717) is 0 Å². The van der Waals surface area contributed by atoms with Gasteiger partial charge in [0.2, 0.25) is 5.69 Å². The molecule has 2 aromatic carbocycles. The van der Waals surface area contributed by atoms with E-state index >= 15 is 0 Å². The average Bonchev–Trinajstić information content (AvgIpc) is 2.77. The minimum Gasteiger partial charge on any atom is -0.392 e. The summed E-state index contributed by atoms with van der Waals surface area (Å²) in [6.45, 7) is 6.41. The first-order valence-electron chi connectivity index (χ1n) is 10.6. The predicted molar refractivity (Wildman–Crippen MR) is 132 cm³/mol. The van der Waals surface area contributed by atoms with Crippen LogP contribution in [-0.2, 0) is 0 Å². The van der Waals surface area contributed by atoms with Crippen molar-refractivity contribution in [3.63, 3.8) is 0 Å². The molecular weight excluding hydrogens is 388 g/mol. The van der Waals surface area contributed by atoms with Crippen LogP contribution in [0.3, 0.4) is 0 Å². The van der Waals surface area contributed by atoms with Crippen molar-refractivity contribution in [3.05, 3.63) is 88.1 Å². The Balaban J connectivity index is 1.91. The Kier molecular flexibility index (Phi) is 7.33. The molecule has 0 heterocycles. The molecule has 0 aliphatic heterocycles. The van der Waals surface area contributed by atoms with Crippen molar-refractivity contribution in [2.75, 3.05) is 14.1 Å². The Bertz CT molecular complexity index is 1100. The summed E-state index contributed by atoms with van der Waals surface area (Å²) in [6, 6.07) is 13.0. The summed E-state index contributed by atoms with van der Waals surface area (Å²) in [7, 11) is 4.06. The maximum Gasteiger partial charge on any atom is 0.208 e. The molecule has 0 spiro atoms. The molecule has 0 saturated heterocycles. The van der Waals surface area contributed by atoms with Crippen LogP contribution in [0.1, 0.15) is 38.7 Å². The molecule has 156 valence electrons. The number of rotatable bonds is 5. The summed E-state index contributed by atoms with van der Waals surface area (Å²) in [5.41, 5.74) is 7.28. The Hall–Kier alpha value is -2.58. The fourth-order valence-corrected chi connectivity index (χ4v) is 4.13. The molecule has 1 aliphatic carbocycles. The van der Waals surface area contributed by atoms with Gasteiger partial charge in [-0.2, -0.15) is 4.58 Å². The Morgan fingerprint density at radius 3 is 2.63 bits per heavy atom. The number of hydrogen-bond donors (Lipinski definition) is 1. The largest absolute Gasteiger partial charge is 0.392 e.